The van der Waals surface area contributed by atoms with E-state index < -0.39 is 0 Å². The number of nitrogen functional groups attached to an aromatic ring is 1. The van der Waals surface area contributed by atoms with Gasteiger partial charge in [0.05, 0.1) is 6.04 Å². The Morgan fingerprint density at radius 3 is 2.71 bits per heavy atom. The molecule has 0 bridgehead atoms. The summed E-state index contributed by atoms with van der Waals surface area (Å²) in [6.07, 6.45) is 6.81. The largest absolute Gasteiger partial charge is 1.00 e. The molecule has 1 aliphatic heterocycles. The van der Waals surface area contributed by atoms with Crippen LogP contribution in [0.15, 0.2) is 48.8 Å². The van der Waals surface area contributed by atoms with Crippen LogP contribution in [0.4, 0.5) is 11.4 Å². The molecule has 1 fully saturated rings. The minimum atomic E-state index is 0. The van der Waals surface area contributed by atoms with Crippen molar-refractivity contribution >= 4 is 11.4 Å². The van der Waals surface area contributed by atoms with E-state index in [-0.39, 0.29) is 12.4 Å². The van der Waals surface area contributed by atoms with Gasteiger partial charge in [-0.1, -0.05) is 6.07 Å². The maximum absolute atomic E-state index is 5.92. The fourth-order valence-electron chi connectivity index (χ4n) is 3.00. The van der Waals surface area contributed by atoms with Gasteiger partial charge in [-0.25, -0.2) is 4.57 Å². The van der Waals surface area contributed by atoms with E-state index in [0.29, 0.717) is 6.04 Å². The summed E-state index contributed by atoms with van der Waals surface area (Å²) in [5, 5.41) is 0. The normalized spacial score (nSPS) is 17.6. The van der Waals surface area contributed by atoms with E-state index in [1.807, 2.05) is 6.07 Å². The summed E-state index contributed by atoms with van der Waals surface area (Å²) < 4.78 is 2.27. The van der Waals surface area contributed by atoms with E-state index in [2.05, 4.69) is 59.1 Å². The first-order valence-corrected chi connectivity index (χ1v) is 7.31. The van der Waals surface area contributed by atoms with E-state index in [1.165, 1.54) is 24.1 Å². The molecule has 0 saturated carbocycles. The zero-order valence-electron chi connectivity index (χ0n) is 12.4. The topological polar surface area (TPSA) is 33.1 Å². The van der Waals surface area contributed by atoms with Crippen molar-refractivity contribution in [3.63, 3.8) is 0 Å². The Labute approximate surface area is 132 Å². The average Bonchev–Trinajstić information content (AvgIpc) is 2.91. The van der Waals surface area contributed by atoms with Crippen molar-refractivity contribution in [3.8, 4) is 0 Å². The number of nitrogens with two attached hydrogens (primary N) is 1. The van der Waals surface area contributed by atoms with Crippen molar-refractivity contribution in [2.24, 2.45) is 0 Å². The molecule has 0 aliphatic carbocycles. The molecule has 21 heavy (non-hydrogen) atoms. The second kappa shape index (κ2) is 6.81. The van der Waals surface area contributed by atoms with Crippen LogP contribution < -0.4 is 27.6 Å². The van der Waals surface area contributed by atoms with Crippen molar-refractivity contribution in [1.29, 1.82) is 0 Å². The third kappa shape index (κ3) is 3.48. The molecular formula is C17H22ClN3. The summed E-state index contributed by atoms with van der Waals surface area (Å²) in [6, 6.07) is 13.2. The van der Waals surface area contributed by atoms with Gasteiger partial charge in [-0.2, -0.15) is 0 Å². The van der Waals surface area contributed by atoms with Gasteiger partial charge in [0.1, 0.15) is 0 Å². The Balaban J connectivity index is 0.00000161. The molecule has 2 heterocycles. The number of hydrogen-bond acceptors (Lipinski definition) is 2. The fraction of sp³-hybridized carbons (Fsp3) is 0.353. The Kier molecular flexibility index (Phi) is 5.07. The van der Waals surface area contributed by atoms with Crippen molar-refractivity contribution in [2.75, 3.05) is 17.2 Å². The lowest BCUT2D eigenvalue weighted by molar-refractivity contribution is -0.698. The van der Waals surface area contributed by atoms with Gasteiger partial charge in [0, 0.05) is 30.1 Å². The third-order valence-electron chi connectivity index (χ3n) is 4.16. The Morgan fingerprint density at radius 1 is 1.24 bits per heavy atom. The first-order valence-electron chi connectivity index (χ1n) is 7.31. The highest BCUT2D eigenvalue weighted by atomic mass is 35.5. The highest BCUT2D eigenvalue weighted by Crippen LogP contribution is 2.28. The van der Waals surface area contributed by atoms with Crippen LogP contribution in [0.5, 0.6) is 0 Å². The fourth-order valence-corrected chi connectivity index (χ4v) is 3.00. The molecule has 1 atom stereocenters. The highest BCUT2D eigenvalue weighted by Gasteiger charge is 2.27. The molecule has 1 aliphatic rings. The number of nitrogens with zero attached hydrogens (tertiary/aromatic N) is 2. The predicted octanol–water partition coefficient (Wildman–Crippen LogP) is -0.462. The smallest absolute Gasteiger partial charge is 0.168 e. The molecule has 3 rings (SSSR count). The highest BCUT2D eigenvalue weighted by molar-refractivity contribution is 5.58. The number of aryl methyl sites for hydroxylation is 1. The van der Waals surface area contributed by atoms with Crippen molar-refractivity contribution < 1.29 is 17.0 Å². The number of aromatic nitrogens is 1. The summed E-state index contributed by atoms with van der Waals surface area (Å²) in [7, 11) is 0. The third-order valence-corrected chi connectivity index (χ3v) is 4.16. The second-order valence-corrected chi connectivity index (χ2v) is 5.60. The molecule has 1 aromatic carbocycles. The Morgan fingerprint density at radius 2 is 2.00 bits per heavy atom. The zero-order chi connectivity index (χ0) is 13.9. The molecule has 112 valence electrons. The molecule has 0 amide bonds. The van der Waals surface area contributed by atoms with Crippen molar-refractivity contribution in [3.05, 3.63) is 54.4 Å². The summed E-state index contributed by atoms with van der Waals surface area (Å²) >= 11 is 0. The monoisotopic (exact) mass is 303 g/mol. The second-order valence-electron chi connectivity index (χ2n) is 5.60. The maximum Gasteiger partial charge on any atom is 0.168 e. The number of pyridine rings is 1. The van der Waals surface area contributed by atoms with Crippen molar-refractivity contribution in [2.45, 2.75) is 32.4 Å². The lowest BCUT2D eigenvalue weighted by Gasteiger charge is -2.25. The lowest BCUT2D eigenvalue weighted by Crippen LogP contribution is -3.00. The summed E-state index contributed by atoms with van der Waals surface area (Å²) in [4.78, 5) is 2.52. The van der Waals surface area contributed by atoms with Crippen LogP contribution in [0.3, 0.4) is 0 Å². The standard InChI is InChI=1S/C17H22N3.ClH/c1-14-12-15(7-8-17(14)18)20-11-5-6-16(20)13-19-9-3-2-4-10-19;/h2-4,7-10,12,16H,5-6,11,13,18H2,1H3;1H/q+1;/p-1. The van der Waals surface area contributed by atoms with Gasteiger partial charge in [0.2, 0.25) is 0 Å². The molecule has 1 saturated heterocycles. The van der Waals surface area contributed by atoms with Crippen LogP contribution in [0.2, 0.25) is 0 Å². The molecule has 1 unspecified atom stereocenters. The van der Waals surface area contributed by atoms with E-state index in [0.717, 1.165) is 18.8 Å². The number of hydrogen-bond donors (Lipinski definition) is 1. The van der Waals surface area contributed by atoms with Crippen LogP contribution in [0.1, 0.15) is 18.4 Å². The first-order chi connectivity index (χ1) is 9.74. The van der Waals surface area contributed by atoms with Gasteiger partial charge in [0.15, 0.2) is 18.9 Å². The van der Waals surface area contributed by atoms with Crippen molar-refractivity contribution in [1.82, 2.24) is 0 Å². The number of halogens is 1. The quantitative estimate of drug-likeness (QED) is 0.615. The van der Waals surface area contributed by atoms with Gasteiger partial charge in [-0.3, -0.25) is 0 Å². The molecule has 3 nitrogen and oxygen atoms in total. The first kappa shape index (κ1) is 15.6. The van der Waals surface area contributed by atoms with Crippen LogP contribution in [0.25, 0.3) is 0 Å². The molecule has 0 spiro atoms. The predicted molar refractivity (Wildman–Crippen MR) is 82.6 cm³/mol. The Hall–Kier alpha value is -1.74. The lowest BCUT2D eigenvalue weighted by atomic mass is 10.1. The number of anilines is 2. The molecule has 4 heteroatoms. The minimum Gasteiger partial charge on any atom is -1.00 e. The van der Waals surface area contributed by atoms with Gasteiger partial charge < -0.3 is 23.0 Å². The van der Waals surface area contributed by atoms with Crippen LogP contribution in [-0.2, 0) is 6.54 Å². The summed E-state index contributed by atoms with van der Waals surface area (Å²) in [5.41, 5.74) is 9.27. The van der Waals surface area contributed by atoms with Gasteiger partial charge >= 0.3 is 0 Å². The summed E-state index contributed by atoms with van der Waals surface area (Å²) in [5.74, 6) is 0. The number of rotatable bonds is 3. The van der Waals surface area contributed by atoms with E-state index in [4.69, 9.17) is 5.73 Å². The van der Waals surface area contributed by atoms with Gasteiger partial charge in [-0.15, -0.1) is 0 Å². The van der Waals surface area contributed by atoms with E-state index in [9.17, 15) is 0 Å². The minimum absolute atomic E-state index is 0. The Bertz CT molecular complexity index is 586. The molecular weight excluding hydrogens is 282 g/mol. The van der Waals surface area contributed by atoms with Crippen LogP contribution >= 0.6 is 0 Å². The molecule has 1 aromatic heterocycles. The molecule has 2 aromatic rings. The SMILES string of the molecule is Cc1cc(N2CCCC2C[n+]2ccccc2)ccc1N.[Cl-]. The van der Waals surface area contributed by atoms with E-state index in [1.54, 1.807) is 0 Å². The molecule has 2 N–H and O–H groups in total. The van der Waals surface area contributed by atoms with Crippen LogP contribution in [-0.4, -0.2) is 12.6 Å². The maximum atomic E-state index is 5.92. The summed E-state index contributed by atoms with van der Waals surface area (Å²) in [6.45, 7) is 4.27. The average molecular weight is 304 g/mol. The van der Waals surface area contributed by atoms with E-state index >= 15 is 0 Å². The number of benzene rings is 1. The van der Waals surface area contributed by atoms with Gasteiger partial charge in [-0.05, 0) is 43.5 Å². The van der Waals surface area contributed by atoms with Crippen LogP contribution in [0, 0.1) is 6.92 Å². The molecule has 0 radical (unpaired) electrons. The zero-order valence-corrected chi connectivity index (χ0v) is 13.1. The van der Waals surface area contributed by atoms with Gasteiger partial charge in [0.25, 0.3) is 0 Å².